The first-order valence-electron chi connectivity index (χ1n) is 6.43. The zero-order valence-electron chi connectivity index (χ0n) is 12.2. The summed E-state index contributed by atoms with van der Waals surface area (Å²) in [6.07, 6.45) is 0. The molecule has 0 aliphatic rings. The van der Waals surface area contributed by atoms with E-state index < -0.39 is 17.7 Å². The molecule has 1 aromatic carbocycles. The molecule has 2 aromatic rings. The van der Waals surface area contributed by atoms with E-state index in [1.807, 2.05) is 0 Å². The molecule has 1 heterocycles. The average molecular weight is 360 g/mol. The molecule has 5 nitrogen and oxygen atoms in total. The van der Waals surface area contributed by atoms with E-state index in [0.29, 0.717) is 11.5 Å². The third-order valence-corrected chi connectivity index (χ3v) is 3.65. The highest BCUT2D eigenvalue weighted by molar-refractivity contribution is 6.36. The molecular weight excluding hydrogens is 348 g/mol. The summed E-state index contributed by atoms with van der Waals surface area (Å²) in [5, 5.41) is 2.38. The van der Waals surface area contributed by atoms with Crippen molar-refractivity contribution >= 4 is 35.1 Å². The fraction of sp³-hybridized carbons (Fsp3) is 0.200. The number of ether oxygens (including phenoxy) is 1. The summed E-state index contributed by atoms with van der Waals surface area (Å²) in [5.41, 5.74) is 0.220. The molecule has 0 spiro atoms. The molecule has 0 atom stereocenters. The molecule has 0 saturated carbocycles. The van der Waals surface area contributed by atoms with Crippen LogP contribution in [0.5, 0.6) is 0 Å². The molecular formula is C15H12Cl2FNO4. The Kier molecular flexibility index (Phi) is 5.28. The number of carbonyl (C=O) groups is 2. The minimum Gasteiger partial charge on any atom is -0.465 e. The van der Waals surface area contributed by atoms with Gasteiger partial charge in [-0.15, -0.1) is 0 Å². The third kappa shape index (κ3) is 3.83. The Morgan fingerprint density at radius 1 is 1.22 bits per heavy atom. The Morgan fingerprint density at radius 2 is 1.91 bits per heavy atom. The number of methoxy groups -OCH3 is 1. The highest BCUT2D eigenvalue weighted by Crippen LogP contribution is 2.24. The fourth-order valence-corrected chi connectivity index (χ4v) is 2.37. The summed E-state index contributed by atoms with van der Waals surface area (Å²) in [6, 6.07) is 3.57. The van der Waals surface area contributed by atoms with E-state index in [1.54, 1.807) is 6.92 Å². The minimum absolute atomic E-state index is 0.00274. The van der Waals surface area contributed by atoms with Crippen molar-refractivity contribution in [2.45, 2.75) is 13.5 Å². The molecule has 0 aliphatic heterocycles. The van der Waals surface area contributed by atoms with Gasteiger partial charge in [0.25, 0.3) is 5.91 Å². The standard InChI is InChI=1S/C15H12Cl2FNO4/c1-7-9(15(21)22-2)3-8(23-7)6-19-14(20)10-4-13(18)12(17)5-11(10)16/h3-5H,6H2,1-2H3,(H,19,20). The van der Waals surface area contributed by atoms with Gasteiger partial charge in [-0.2, -0.15) is 0 Å². The summed E-state index contributed by atoms with van der Waals surface area (Å²) >= 11 is 11.4. The predicted molar refractivity (Wildman–Crippen MR) is 82.4 cm³/mol. The van der Waals surface area contributed by atoms with Gasteiger partial charge in [0.15, 0.2) is 0 Å². The summed E-state index contributed by atoms with van der Waals surface area (Å²) in [4.78, 5) is 23.5. The SMILES string of the molecule is COC(=O)c1cc(CNC(=O)c2cc(F)c(Cl)cc2Cl)oc1C. The molecule has 0 bridgehead atoms. The lowest BCUT2D eigenvalue weighted by atomic mass is 10.2. The van der Waals surface area contributed by atoms with E-state index in [0.717, 1.165) is 12.1 Å². The zero-order chi connectivity index (χ0) is 17.1. The molecule has 0 fully saturated rings. The van der Waals surface area contributed by atoms with Gasteiger partial charge in [-0.1, -0.05) is 23.2 Å². The van der Waals surface area contributed by atoms with Crippen LogP contribution in [-0.4, -0.2) is 19.0 Å². The number of halogens is 3. The van der Waals surface area contributed by atoms with Crippen LogP contribution in [0.1, 0.15) is 32.2 Å². The van der Waals surface area contributed by atoms with Gasteiger partial charge < -0.3 is 14.5 Å². The van der Waals surface area contributed by atoms with Crippen molar-refractivity contribution in [3.63, 3.8) is 0 Å². The van der Waals surface area contributed by atoms with Crippen LogP contribution in [0.4, 0.5) is 4.39 Å². The van der Waals surface area contributed by atoms with Gasteiger partial charge in [-0.3, -0.25) is 4.79 Å². The smallest absolute Gasteiger partial charge is 0.341 e. The number of rotatable bonds is 4. The topological polar surface area (TPSA) is 68.5 Å². The zero-order valence-corrected chi connectivity index (χ0v) is 13.7. The number of hydrogen-bond acceptors (Lipinski definition) is 4. The van der Waals surface area contributed by atoms with Crippen molar-refractivity contribution in [3.8, 4) is 0 Å². The molecule has 8 heteroatoms. The van der Waals surface area contributed by atoms with E-state index in [2.05, 4.69) is 10.1 Å². The van der Waals surface area contributed by atoms with Crippen LogP contribution >= 0.6 is 23.2 Å². The first-order valence-corrected chi connectivity index (χ1v) is 7.19. The van der Waals surface area contributed by atoms with Gasteiger partial charge in [-0.05, 0) is 25.1 Å². The fourth-order valence-electron chi connectivity index (χ4n) is 1.90. The van der Waals surface area contributed by atoms with Crippen LogP contribution in [0.3, 0.4) is 0 Å². The van der Waals surface area contributed by atoms with E-state index in [-0.39, 0.29) is 27.7 Å². The predicted octanol–water partition coefficient (Wildman–Crippen LogP) is 3.75. The number of furan rings is 1. The molecule has 0 unspecified atom stereocenters. The highest BCUT2D eigenvalue weighted by Gasteiger charge is 2.17. The first-order chi connectivity index (χ1) is 10.8. The maximum atomic E-state index is 13.4. The second kappa shape index (κ2) is 7.02. The quantitative estimate of drug-likeness (QED) is 0.666. The Balaban J connectivity index is 2.11. The highest BCUT2D eigenvalue weighted by atomic mass is 35.5. The van der Waals surface area contributed by atoms with Crippen molar-refractivity contribution in [2.24, 2.45) is 0 Å². The molecule has 1 N–H and O–H groups in total. The van der Waals surface area contributed by atoms with Crippen LogP contribution in [0.15, 0.2) is 22.6 Å². The summed E-state index contributed by atoms with van der Waals surface area (Å²) in [5.74, 6) is -1.16. The van der Waals surface area contributed by atoms with Crippen molar-refractivity contribution in [3.05, 3.63) is 56.7 Å². The van der Waals surface area contributed by atoms with E-state index in [4.69, 9.17) is 27.6 Å². The lowest BCUT2D eigenvalue weighted by molar-refractivity contribution is 0.0598. The number of aryl methyl sites for hydroxylation is 1. The minimum atomic E-state index is -0.747. The van der Waals surface area contributed by atoms with Crippen LogP contribution in [0.25, 0.3) is 0 Å². The number of nitrogens with one attached hydrogen (secondary N) is 1. The Morgan fingerprint density at radius 3 is 2.57 bits per heavy atom. The average Bonchev–Trinajstić information content (AvgIpc) is 2.88. The van der Waals surface area contributed by atoms with Gasteiger partial charge in [-0.25, -0.2) is 9.18 Å². The van der Waals surface area contributed by atoms with Gasteiger partial charge in [0.2, 0.25) is 0 Å². The number of amides is 1. The van der Waals surface area contributed by atoms with Crippen molar-refractivity contribution in [1.29, 1.82) is 0 Å². The summed E-state index contributed by atoms with van der Waals surface area (Å²) < 4.78 is 23.4. The van der Waals surface area contributed by atoms with E-state index >= 15 is 0 Å². The van der Waals surface area contributed by atoms with Gasteiger partial charge in [0.1, 0.15) is 22.9 Å². The maximum absolute atomic E-state index is 13.4. The molecule has 0 radical (unpaired) electrons. The summed E-state index contributed by atoms with van der Waals surface area (Å²) in [6.45, 7) is 1.60. The first kappa shape index (κ1) is 17.3. The monoisotopic (exact) mass is 359 g/mol. The van der Waals surface area contributed by atoms with E-state index in [9.17, 15) is 14.0 Å². The molecule has 0 saturated heterocycles. The van der Waals surface area contributed by atoms with Crippen LogP contribution in [0, 0.1) is 12.7 Å². The lowest BCUT2D eigenvalue weighted by Gasteiger charge is -2.06. The largest absolute Gasteiger partial charge is 0.465 e. The van der Waals surface area contributed by atoms with E-state index in [1.165, 1.54) is 13.2 Å². The molecule has 1 aromatic heterocycles. The summed E-state index contributed by atoms with van der Waals surface area (Å²) in [7, 11) is 1.26. The normalized spacial score (nSPS) is 10.5. The Hall–Kier alpha value is -2.05. The van der Waals surface area contributed by atoms with Crippen molar-refractivity contribution < 1.29 is 23.1 Å². The molecule has 122 valence electrons. The molecule has 0 aliphatic carbocycles. The van der Waals surface area contributed by atoms with Gasteiger partial charge in [0, 0.05) is 0 Å². The number of esters is 1. The number of hydrogen-bond donors (Lipinski definition) is 1. The van der Waals surface area contributed by atoms with Gasteiger partial charge >= 0.3 is 5.97 Å². The second-order valence-electron chi connectivity index (χ2n) is 4.60. The van der Waals surface area contributed by atoms with Crippen LogP contribution in [0.2, 0.25) is 10.0 Å². The van der Waals surface area contributed by atoms with Crippen LogP contribution < -0.4 is 5.32 Å². The van der Waals surface area contributed by atoms with Crippen molar-refractivity contribution in [2.75, 3.05) is 7.11 Å². The number of carbonyl (C=O) groups excluding carboxylic acids is 2. The maximum Gasteiger partial charge on any atom is 0.341 e. The Labute approximate surface area is 141 Å². The van der Waals surface area contributed by atoms with Crippen molar-refractivity contribution in [1.82, 2.24) is 5.32 Å². The lowest BCUT2D eigenvalue weighted by Crippen LogP contribution is -2.23. The van der Waals surface area contributed by atoms with Crippen LogP contribution in [-0.2, 0) is 11.3 Å². The molecule has 23 heavy (non-hydrogen) atoms. The third-order valence-electron chi connectivity index (χ3n) is 3.05. The molecule has 1 amide bonds. The Bertz CT molecular complexity index is 773. The number of benzene rings is 1. The molecule has 2 rings (SSSR count). The second-order valence-corrected chi connectivity index (χ2v) is 5.42. The van der Waals surface area contributed by atoms with Gasteiger partial charge in [0.05, 0.1) is 29.3 Å².